The minimum Gasteiger partial charge on any atom is -0.326 e. The first-order valence-electron chi connectivity index (χ1n) is 5.90. The van der Waals surface area contributed by atoms with Crippen molar-refractivity contribution in [3.63, 3.8) is 0 Å². The van der Waals surface area contributed by atoms with E-state index >= 15 is 0 Å². The van der Waals surface area contributed by atoms with Crippen LogP contribution in [0.1, 0.15) is 12.5 Å². The summed E-state index contributed by atoms with van der Waals surface area (Å²) in [6.45, 7) is 2.31. The lowest BCUT2D eigenvalue weighted by atomic mass is 10.0. The molecular weight excluding hydrogens is 314 g/mol. The van der Waals surface area contributed by atoms with E-state index in [2.05, 4.69) is 58.9 Å². The zero-order valence-electron chi connectivity index (χ0n) is 9.93. The normalized spacial score (nSPS) is 26.8. The summed E-state index contributed by atoms with van der Waals surface area (Å²) in [7, 11) is 0. The van der Waals surface area contributed by atoms with E-state index in [4.69, 9.17) is 5.73 Å². The summed E-state index contributed by atoms with van der Waals surface area (Å²) in [4.78, 5) is 0. The molecule has 0 aliphatic carbocycles. The molecule has 0 radical (unpaired) electrons. The number of halogens is 1. The molecule has 3 unspecified atom stereocenters. The molecule has 1 aliphatic rings. The molecule has 94 valence electrons. The fraction of sp³-hybridized carbons (Fsp3) is 0.538. The van der Waals surface area contributed by atoms with Gasteiger partial charge in [-0.2, -0.15) is 23.5 Å². The van der Waals surface area contributed by atoms with Crippen molar-refractivity contribution in [2.24, 2.45) is 5.73 Å². The molecule has 0 aromatic heterocycles. The lowest BCUT2D eigenvalue weighted by Gasteiger charge is -2.32. The Hall–Kier alpha value is 0.360. The minimum atomic E-state index is 0.268. The van der Waals surface area contributed by atoms with Crippen LogP contribution in [0.2, 0.25) is 0 Å². The van der Waals surface area contributed by atoms with Gasteiger partial charge in [0.15, 0.2) is 0 Å². The Kier molecular flexibility index (Phi) is 5.27. The molecule has 0 amide bonds. The fourth-order valence-electron chi connectivity index (χ4n) is 2.13. The van der Waals surface area contributed by atoms with Crippen molar-refractivity contribution >= 4 is 39.5 Å². The SMILES string of the molecule is CC1SCCSC1C(N)Cc1ccc(Br)cc1. The summed E-state index contributed by atoms with van der Waals surface area (Å²) in [6.07, 6.45) is 0.982. The van der Waals surface area contributed by atoms with Gasteiger partial charge in [0.05, 0.1) is 0 Å². The Morgan fingerprint density at radius 3 is 2.59 bits per heavy atom. The van der Waals surface area contributed by atoms with E-state index in [1.165, 1.54) is 17.1 Å². The average Bonchev–Trinajstić information content (AvgIpc) is 2.32. The summed E-state index contributed by atoms with van der Waals surface area (Å²) < 4.78 is 1.13. The first-order valence-corrected chi connectivity index (χ1v) is 8.79. The van der Waals surface area contributed by atoms with Crippen LogP contribution in [-0.2, 0) is 6.42 Å². The van der Waals surface area contributed by atoms with Crippen molar-refractivity contribution in [3.8, 4) is 0 Å². The molecule has 4 heteroatoms. The van der Waals surface area contributed by atoms with Crippen LogP contribution >= 0.6 is 39.5 Å². The highest BCUT2D eigenvalue weighted by atomic mass is 79.9. The second kappa shape index (κ2) is 6.50. The van der Waals surface area contributed by atoms with Gasteiger partial charge in [-0.05, 0) is 24.1 Å². The van der Waals surface area contributed by atoms with Crippen LogP contribution in [0, 0.1) is 0 Å². The highest BCUT2D eigenvalue weighted by Crippen LogP contribution is 2.33. The third kappa shape index (κ3) is 3.91. The standard InChI is InChI=1S/C13H18BrNS2/c1-9-13(17-7-6-16-9)12(15)8-10-2-4-11(14)5-3-10/h2-5,9,12-13H,6-8,15H2,1H3. The quantitative estimate of drug-likeness (QED) is 0.917. The first kappa shape index (κ1) is 13.8. The van der Waals surface area contributed by atoms with Crippen molar-refractivity contribution in [1.82, 2.24) is 0 Å². The summed E-state index contributed by atoms with van der Waals surface area (Å²) >= 11 is 7.56. The maximum atomic E-state index is 6.36. The maximum Gasteiger partial charge on any atom is 0.0318 e. The molecule has 3 atom stereocenters. The molecule has 0 bridgehead atoms. The van der Waals surface area contributed by atoms with E-state index in [0.717, 1.165) is 10.9 Å². The number of benzene rings is 1. The van der Waals surface area contributed by atoms with Crippen LogP contribution in [0.25, 0.3) is 0 Å². The second-order valence-corrected chi connectivity index (χ2v) is 8.09. The Morgan fingerprint density at radius 1 is 1.29 bits per heavy atom. The Labute approximate surface area is 120 Å². The van der Waals surface area contributed by atoms with Crippen LogP contribution in [0.4, 0.5) is 0 Å². The summed E-state index contributed by atoms with van der Waals surface area (Å²) in [5.41, 5.74) is 7.70. The molecular formula is C13H18BrNS2. The van der Waals surface area contributed by atoms with Crippen molar-refractivity contribution < 1.29 is 0 Å². The van der Waals surface area contributed by atoms with Crippen LogP contribution < -0.4 is 5.73 Å². The number of nitrogens with two attached hydrogens (primary N) is 1. The van der Waals surface area contributed by atoms with E-state index in [-0.39, 0.29) is 6.04 Å². The molecule has 2 N–H and O–H groups in total. The Morgan fingerprint density at radius 2 is 1.94 bits per heavy atom. The molecule has 17 heavy (non-hydrogen) atoms. The van der Waals surface area contributed by atoms with Gasteiger partial charge in [0, 0.05) is 32.5 Å². The Bertz CT molecular complexity index is 355. The molecule has 1 aliphatic heterocycles. The van der Waals surface area contributed by atoms with E-state index in [9.17, 15) is 0 Å². The summed E-state index contributed by atoms with van der Waals surface area (Å²) in [5, 5.41) is 1.27. The van der Waals surface area contributed by atoms with Gasteiger partial charge in [-0.15, -0.1) is 0 Å². The lowest BCUT2D eigenvalue weighted by molar-refractivity contribution is 0.622. The lowest BCUT2D eigenvalue weighted by Crippen LogP contribution is -2.42. The molecule has 1 fully saturated rings. The van der Waals surface area contributed by atoms with E-state index < -0.39 is 0 Å². The van der Waals surface area contributed by atoms with Gasteiger partial charge in [-0.3, -0.25) is 0 Å². The predicted molar refractivity (Wildman–Crippen MR) is 84.0 cm³/mol. The van der Waals surface area contributed by atoms with Crippen LogP contribution in [0.15, 0.2) is 28.7 Å². The molecule has 1 heterocycles. The van der Waals surface area contributed by atoms with Crippen LogP contribution in [0.5, 0.6) is 0 Å². The van der Waals surface area contributed by atoms with Gasteiger partial charge in [-0.1, -0.05) is 35.0 Å². The molecule has 2 rings (SSSR count). The Balaban J connectivity index is 1.95. The summed E-state index contributed by atoms with van der Waals surface area (Å²) in [5.74, 6) is 2.51. The van der Waals surface area contributed by atoms with Gasteiger partial charge in [0.2, 0.25) is 0 Å². The molecule has 1 aromatic rings. The van der Waals surface area contributed by atoms with Crippen LogP contribution in [-0.4, -0.2) is 28.0 Å². The van der Waals surface area contributed by atoms with Gasteiger partial charge >= 0.3 is 0 Å². The smallest absolute Gasteiger partial charge is 0.0318 e. The predicted octanol–water partition coefficient (Wildman–Crippen LogP) is 3.56. The largest absolute Gasteiger partial charge is 0.326 e. The first-order chi connectivity index (χ1) is 8.16. The molecule has 1 aromatic carbocycles. The third-order valence-electron chi connectivity index (χ3n) is 3.04. The van der Waals surface area contributed by atoms with Crippen molar-refractivity contribution in [1.29, 1.82) is 0 Å². The second-order valence-electron chi connectivity index (χ2n) is 4.41. The van der Waals surface area contributed by atoms with Crippen molar-refractivity contribution in [2.75, 3.05) is 11.5 Å². The maximum absolute atomic E-state index is 6.36. The average molecular weight is 332 g/mol. The monoisotopic (exact) mass is 331 g/mol. The van der Waals surface area contributed by atoms with E-state index in [0.29, 0.717) is 10.5 Å². The van der Waals surface area contributed by atoms with Gasteiger partial charge in [0.1, 0.15) is 0 Å². The number of rotatable bonds is 3. The fourth-order valence-corrected chi connectivity index (χ4v) is 5.28. The van der Waals surface area contributed by atoms with E-state index in [1.54, 1.807) is 0 Å². The molecule has 0 spiro atoms. The zero-order valence-corrected chi connectivity index (χ0v) is 13.2. The molecule has 1 nitrogen and oxygen atoms in total. The third-order valence-corrected chi connectivity index (χ3v) is 6.84. The van der Waals surface area contributed by atoms with Crippen molar-refractivity contribution in [2.45, 2.75) is 29.9 Å². The van der Waals surface area contributed by atoms with Crippen LogP contribution in [0.3, 0.4) is 0 Å². The molecule has 0 saturated carbocycles. The van der Waals surface area contributed by atoms with E-state index in [1.807, 2.05) is 11.8 Å². The molecule has 1 saturated heterocycles. The van der Waals surface area contributed by atoms with Gasteiger partial charge < -0.3 is 5.73 Å². The zero-order chi connectivity index (χ0) is 12.3. The topological polar surface area (TPSA) is 26.0 Å². The number of hydrogen-bond donors (Lipinski definition) is 1. The highest BCUT2D eigenvalue weighted by Gasteiger charge is 2.27. The summed E-state index contributed by atoms with van der Waals surface area (Å²) in [6, 6.07) is 8.77. The van der Waals surface area contributed by atoms with Gasteiger partial charge in [-0.25, -0.2) is 0 Å². The van der Waals surface area contributed by atoms with Gasteiger partial charge in [0.25, 0.3) is 0 Å². The highest BCUT2D eigenvalue weighted by molar-refractivity contribution is 9.10. The van der Waals surface area contributed by atoms with Crippen molar-refractivity contribution in [3.05, 3.63) is 34.3 Å². The number of hydrogen-bond acceptors (Lipinski definition) is 3. The minimum absolute atomic E-state index is 0.268. The number of thioether (sulfide) groups is 2.